The summed E-state index contributed by atoms with van der Waals surface area (Å²) in [5, 5.41) is 0. The van der Waals surface area contributed by atoms with Crippen LogP contribution < -0.4 is 5.73 Å². The fourth-order valence-corrected chi connectivity index (χ4v) is 1.42. The zero-order chi connectivity index (χ0) is 9.40. The molecule has 72 valence electrons. The highest BCUT2D eigenvalue weighted by Gasteiger charge is 2.09. The highest BCUT2D eigenvalue weighted by Crippen LogP contribution is 2.18. The van der Waals surface area contributed by atoms with Crippen LogP contribution in [0.1, 0.15) is 39.5 Å². The van der Waals surface area contributed by atoms with E-state index in [1.165, 1.54) is 19.3 Å². The summed E-state index contributed by atoms with van der Waals surface area (Å²) in [6, 6.07) is 0. The van der Waals surface area contributed by atoms with Crippen molar-refractivity contribution in [3.05, 3.63) is 12.7 Å². The van der Waals surface area contributed by atoms with Crippen molar-refractivity contribution in [2.75, 3.05) is 6.54 Å². The van der Waals surface area contributed by atoms with Crippen LogP contribution in [0.4, 0.5) is 0 Å². The second-order valence-corrected chi connectivity index (χ2v) is 3.72. The van der Waals surface area contributed by atoms with Crippen molar-refractivity contribution in [2.24, 2.45) is 17.6 Å². The van der Waals surface area contributed by atoms with Gasteiger partial charge in [0.25, 0.3) is 0 Å². The molecule has 2 atom stereocenters. The molecule has 2 unspecified atom stereocenters. The molecule has 0 heterocycles. The van der Waals surface area contributed by atoms with Gasteiger partial charge in [0.05, 0.1) is 0 Å². The van der Waals surface area contributed by atoms with Crippen LogP contribution in [0, 0.1) is 11.8 Å². The predicted molar refractivity (Wildman–Crippen MR) is 56.0 cm³/mol. The Morgan fingerprint density at radius 1 is 1.50 bits per heavy atom. The molecule has 12 heavy (non-hydrogen) atoms. The van der Waals surface area contributed by atoms with Gasteiger partial charge in [-0.3, -0.25) is 0 Å². The zero-order valence-electron chi connectivity index (χ0n) is 8.55. The lowest BCUT2D eigenvalue weighted by molar-refractivity contribution is 0.372. The van der Waals surface area contributed by atoms with Gasteiger partial charge >= 0.3 is 0 Å². The maximum Gasteiger partial charge on any atom is -0.00487 e. The smallest absolute Gasteiger partial charge is 0.00487 e. The molecule has 0 amide bonds. The van der Waals surface area contributed by atoms with Crippen LogP contribution >= 0.6 is 0 Å². The van der Waals surface area contributed by atoms with Gasteiger partial charge in [0, 0.05) is 0 Å². The monoisotopic (exact) mass is 169 g/mol. The molecular formula is C11H23N. The summed E-state index contributed by atoms with van der Waals surface area (Å²) >= 11 is 0. The Morgan fingerprint density at radius 2 is 2.17 bits per heavy atom. The summed E-state index contributed by atoms with van der Waals surface area (Å²) in [7, 11) is 0. The Balaban J connectivity index is 3.58. The number of hydrogen-bond donors (Lipinski definition) is 1. The van der Waals surface area contributed by atoms with Crippen molar-refractivity contribution in [2.45, 2.75) is 39.5 Å². The van der Waals surface area contributed by atoms with E-state index in [0.29, 0.717) is 5.92 Å². The molecule has 0 spiro atoms. The van der Waals surface area contributed by atoms with E-state index in [1.54, 1.807) is 0 Å². The highest BCUT2D eigenvalue weighted by molar-refractivity contribution is 4.71. The van der Waals surface area contributed by atoms with Gasteiger partial charge in [-0.25, -0.2) is 0 Å². The van der Waals surface area contributed by atoms with Crippen LogP contribution in [-0.2, 0) is 0 Å². The summed E-state index contributed by atoms with van der Waals surface area (Å²) in [6.45, 7) is 9.10. The summed E-state index contributed by atoms with van der Waals surface area (Å²) < 4.78 is 0. The molecule has 0 bridgehead atoms. The van der Waals surface area contributed by atoms with Crippen molar-refractivity contribution >= 4 is 0 Å². The van der Waals surface area contributed by atoms with E-state index in [9.17, 15) is 0 Å². The third-order valence-corrected chi connectivity index (χ3v) is 2.54. The Bertz CT molecular complexity index is 110. The van der Waals surface area contributed by atoms with E-state index in [1.807, 2.05) is 6.08 Å². The predicted octanol–water partition coefficient (Wildman–Crippen LogP) is 2.96. The van der Waals surface area contributed by atoms with Crippen LogP contribution in [0.3, 0.4) is 0 Å². The average Bonchev–Trinajstić information content (AvgIpc) is 2.11. The lowest BCUT2D eigenvalue weighted by Crippen LogP contribution is -2.16. The van der Waals surface area contributed by atoms with E-state index in [0.717, 1.165) is 18.9 Å². The van der Waals surface area contributed by atoms with Gasteiger partial charge in [-0.05, 0) is 37.6 Å². The molecule has 0 rings (SSSR count). The Morgan fingerprint density at radius 3 is 2.58 bits per heavy atom. The Hall–Kier alpha value is -0.300. The first-order valence-electron chi connectivity index (χ1n) is 5.05. The first kappa shape index (κ1) is 11.7. The molecule has 2 N–H and O–H groups in total. The Labute approximate surface area is 77.0 Å². The van der Waals surface area contributed by atoms with Crippen molar-refractivity contribution in [1.29, 1.82) is 0 Å². The normalized spacial score (nSPS) is 15.6. The minimum Gasteiger partial charge on any atom is -0.330 e. The van der Waals surface area contributed by atoms with Gasteiger partial charge in [0.15, 0.2) is 0 Å². The number of allylic oxidation sites excluding steroid dienone is 1. The molecule has 0 aliphatic rings. The molecule has 1 nitrogen and oxygen atoms in total. The first-order valence-corrected chi connectivity index (χ1v) is 5.05. The van der Waals surface area contributed by atoms with E-state index in [2.05, 4.69) is 20.4 Å². The molecule has 0 aromatic carbocycles. The van der Waals surface area contributed by atoms with Crippen LogP contribution in [0.25, 0.3) is 0 Å². The summed E-state index contributed by atoms with van der Waals surface area (Å²) in [5.74, 6) is 1.53. The largest absolute Gasteiger partial charge is 0.330 e. The maximum absolute atomic E-state index is 5.68. The molecular weight excluding hydrogens is 146 g/mol. The van der Waals surface area contributed by atoms with Crippen molar-refractivity contribution in [1.82, 2.24) is 0 Å². The van der Waals surface area contributed by atoms with E-state index in [4.69, 9.17) is 5.73 Å². The van der Waals surface area contributed by atoms with Gasteiger partial charge in [-0.2, -0.15) is 0 Å². The van der Waals surface area contributed by atoms with Gasteiger partial charge in [0.2, 0.25) is 0 Å². The first-order chi connectivity index (χ1) is 5.74. The number of rotatable bonds is 7. The molecule has 0 aliphatic heterocycles. The SMILES string of the molecule is C=CCCC(CN)CC(C)CC. The number of hydrogen-bond acceptors (Lipinski definition) is 1. The summed E-state index contributed by atoms with van der Waals surface area (Å²) in [4.78, 5) is 0. The summed E-state index contributed by atoms with van der Waals surface area (Å²) in [6.07, 6.45) is 6.85. The van der Waals surface area contributed by atoms with Crippen LogP contribution in [0.15, 0.2) is 12.7 Å². The lowest BCUT2D eigenvalue weighted by Gasteiger charge is -2.17. The van der Waals surface area contributed by atoms with Crippen molar-refractivity contribution in [3.8, 4) is 0 Å². The molecule has 0 radical (unpaired) electrons. The van der Waals surface area contributed by atoms with Gasteiger partial charge in [-0.1, -0.05) is 26.3 Å². The molecule has 0 aliphatic carbocycles. The lowest BCUT2D eigenvalue weighted by atomic mass is 9.91. The molecule has 0 saturated carbocycles. The van der Waals surface area contributed by atoms with Gasteiger partial charge < -0.3 is 5.73 Å². The van der Waals surface area contributed by atoms with E-state index in [-0.39, 0.29) is 0 Å². The fourth-order valence-electron chi connectivity index (χ4n) is 1.42. The molecule has 0 aromatic heterocycles. The minimum absolute atomic E-state index is 0.706. The van der Waals surface area contributed by atoms with E-state index >= 15 is 0 Å². The second kappa shape index (κ2) is 7.35. The quantitative estimate of drug-likeness (QED) is 0.583. The number of nitrogens with two attached hydrogens (primary N) is 1. The molecule has 1 heteroatoms. The molecule has 0 saturated heterocycles. The van der Waals surface area contributed by atoms with Gasteiger partial charge in [0.1, 0.15) is 0 Å². The van der Waals surface area contributed by atoms with Crippen LogP contribution in [-0.4, -0.2) is 6.54 Å². The molecule has 0 fully saturated rings. The van der Waals surface area contributed by atoms with Crippen molar-refractivity contribution < 1.29 is 0 Å². The van der Waals surface area contributed by atoms with Crippen molar-refractivity contribution in [3.63, 3.8) is 0 Å². The van der Waals surface area contributed by atoms with Crippen LogP contribution in [0.5, 0.6) is 0 Å². The molecule has 0 aromatic rings. The Kier molecular flexibility index (Phi) is 7.17. The standard InChI is InChI=1S/C11H23N/c1-4-6-7-11(9-12)8-10(3)5-2/h4,10-11H,1,5-9,12H2,2-3H3. The zero-order valence-corrected chi connectivity index (χ0v) is 8.55. The second-order valence-electron chi connectivity index (χ2n) is 3.72. The van der Waals surface area contributed by atoms with Gasteiger partial charge in [-0.15, -0.1) is 6.58 Å². The topological polar surface area (TPSA) is 26.0 Å². The van der Waals surface area contributed by atoms with E-state index < -0.39 is 0 Å². The van der Waals surface area contributed by atoms with Crippen LogP contribution in [0.2, 0.25) is 0 Å². The minimum atomic E-state index is 0.706. The third-order valence-electron chi connectivity index (χ3n) is 2.54. The average molecular weight is 169 g/mol. The fraction of sp³-hybridized carbons (Fsp3) is 0.818. The highest BCUT2D eigenvalue weighted by atomic mass is 14.5. The maximum atomic E-state index is 5.68. The summed E-state index contributed by atoms with van der Waals surface area (Å²) in [5.41, 5.74) is 5.68. The third kappa shape index (κ3) is 5.36.